The van der Waals surface area contributed by atoms with Gasteiger partial charge in [0.05, 0.1) is 24.9 Å². The monoisotopic (exact) mass is 330 g/mol. The summed E-state index contributed by atoms with van der Waals surface area (Å²) in [6, 6.07) is 12.6. The molecule has 0 atom stereocenters. The predicted octanol–water partition coefficient (Wildman–Crippen LogP) is 4.09. The van der Waals surface area contributed by atoms with E-state index in [4.69, 9.17) is 21.1 Å². The molecule has 0 unspecified atom stereocenters. The molecule has 1 aromatic heterocycles. The van der Waals surface area contributed by atoms with Crippen molar-refractivity contribution < 1.29 is 14.3 Å². The van der Waals surface area contributed by atoms with Gasteiger partial charge in [-0.05, 0) is 18.2 Å². The van der Waals surface area contributed by atoms with E-state index in [-0.39, 0.29) is 5.91 Å². The number of ether oxygens (including phenoxy) is 2. The summed E-state index contributed by atoms with van der Waals surface area (Å²) < 4.78 is 10.4. The quantitative estimate of drug-likeness (QED) is 0.757. The lowest BCUT2D eigenvalue weighted by atomic mass is 10.2. The first kappa shape index (κ1) is 15.2. The Balaban J connectivity index is 1.96. The van der Waals surface area contributed by atoms with Crippen LogP contribution in [-0.2, 0) is 0 Å². The van der Waals surface area contributed by atoms with Crippen LogP contribution in [0.1, 0.15) is 10.5 Å². The Labute approximate surface area is 138 Å². The number of benzene rings is 2. The summed E-state index contributed by atoms with van der Waals surface area (Å²) in [5.74, 6) is 0.799. The van der Waals surface area contributed by atoms with E-state index >= 15 is 0 Å². The molecule has 23 heavy (non-hydrogen) atoms. The number of nitrogens with one attached hydrogen (secondary N) is 2. The molecule has 0 saturated heterocycles. The summed E-state index contributed by atoms with van der Waals surface area (Å²) in [4.78, 5) is 15.6. The van der Waals surface area contributed by atoms with E-state index in [0.717, 1.165) is 10.9 Å². The van der Waals surface area contributed by atoms with Crippen molar-refractivity contribution in [1.82, 2.24) is 4.98 Å². The van der Waals surface area contributed by atoms with Crippen molar-refractivity contribution in [2.75, 3.05) is 19.5 Å². The Hall–Kier alpha value is -2.66. The Morgan fingerprint density at radius 1 is 1.13 bits per heavy atom. The molecule has 2 aromatic carbocycles. The van der Waals surface area contributed by atoms with Gasteiger partial charge in [-0.25, -0.2) is 0 Å². The fraction of sp³-hybridized carbons (Fsp3) is 0.118. The van der Waals surface area contributed by atoms with Crippen LogP contribution in [0.5, 0.6) is 11.5 Å². The number of aromatic amines is 1. The molecule has 0 aliphatic carbocycles. The molecule has 6 heteroatoms. The number of amides is 1. The van der Waals surface area contributed by atoms with Crippen LogP contribution < -0.4 is 14.8 Å². The van der Waals surface area contributed by atoms with Gasteiger partial charge < -0.3 is 19.8 Å². The maximum absolute atomic E-state index is 12.5. The standard InChI is InChI=1S/C17H15ClN2O3/c1-22-10-7-8-14(23-2)13(9-10)20-17(21)16-15(18)11-5-3-4-6-12(11)19-16/h3-9,19H,1-2H3,(H,20,21). The molecule has 1 amide bonds. The smallest absolute Gasteiger partial charge is 0.273 e. The minimum Gasteiger partial charge on any atom is -0.497 e. The second-order valence-corrected chi connectivity index (χ2v) is 5.26. The van der Waals surface area contributed by atoms with Crippen LogP contribution in [0.4, 0.5) is 5.69 Å². The number of carbonyl (C=O) groups excluding carboxylic acids is 1. The van der Waals surface area contributed by atoms with Crippen molar-refractivity contribution >= 4 is 34.1 Å². The lowest BCUT2D eigenvalue weighted by Crippen LogP contribution is -2.13. The Morgan fingerprint density at radius 3 is 2.61 bits per heavy atom. The predicted molar refractivity (Wildman–Crippen MR) is 90.8 cm³/mol. The van der Waals surface area contributed by atoms with Crippen molar-refractivity contribution in [3.05, 3.63) is 53.2 Å². The highest BCUT2D eigenvalue weighted by Gasteiger charge is 2.18. The molecule has 3 aromatic rings. The van der Waals surface area contributed by atoms with E-state index in [2.05, 4.69) is 10.3 Å². The van der Waals surface area contributed by atoms with Crippen LogP contribution in [0.15, 0.2) is 42.5 Å². The molecule has 0 bridgehead atoms. The molecule has 3 rings (SSSR count). The molecular formula is C17H15ClN2O3. The van der Waals surface area contributed by atoms with Gasteiger partial charge in [0.2, 0.25) is 0 Å². The number of halogens is 1. The number of anilines is 1. The van der Waals surface area contributed by atoms with E-state index in [0.29, 0.717) is 27.9 Å². The maximum atomic E-state index is 12.5. The third-order valence-corrected chi connectivity index (χ3v) is 3.92. The number of fused-ring (bicyclic) bond motifs is 1. The maximum Gasteiger partial charge on any atom is 0.273 e. The highest BCUT2D eigenvalue weighted by Crippen LogP contribution is 2.31. The zero-order valence-electron chi connectivity index (χ0n) is 12.6. The summed E-state index contributed by atoms with van der Waals surface area (Å²) in [5.41, 5.74) is 1.62. The molecule has 0 aliphatic rings. The second-order valence-electron chi connectivity index (χ2n) is 4.88. The number of methoxy groups -OCH3 is 2. The summed E-state index contributed by atoms with van der Waals surface area (Å²) in [7, 11) is 3.09. The number of para-hydroxylation sites is 1. The van der Waals surface area contributed by atoms with Crippen LogP contribution in [0, 0.1) is 0 Å². The largest absolute Gasteiger partial charge is 0.497 e. The van der Waals surface area contributed by atoms with E-state index in [9.17, 15) is 4.79 Å². The molecule has 0 radical (unpaired) electrons. The molecule has 5 nitrogen and oxygen atoms in total. The highest BCUT2D eigenvalue weighted by atomic mass is 35.5. The third kappa shape index (κ3) is 2.83. The number of aromatic nitrogens is 1. The van der Waals surface area contributed by atoms with Gasteiger partial charge in [0.25, 0.3) is 5.91 Å². The molecular weight excluding hydrogens is 316 g/mol. The van der Waals surface area contributed by atoms with Crippen molar-refractivity contribution in [3.63, 3.8) is 0 Å². The van der Waals surface area contributed by atoms with E-state index in [1.807, 2.05) is 24.3 Å². The van der Waals surface area contributed by atoms with E-state index in [1.165, 1.54) is 7.11 Å². The van der Waals surface area contributed by atoms with Crippen molar-refractivity contribution in [3.8, 4) is 11.5 Å². The minimum atomic E-state index is -0.349. The van der Waals surface area contributed by atoms with Crippen molar-refractivity contribution in [2.24, 2.45) is 0 Å². The average Bonchev–Trinajstić information content (AvgIpc) is 2.92. The summed E-state index contributed by atoms with van der Waals surface area (Å²) in [6.45, 7) is 0. The highest BCUT2D eigenvalue weighted by molar-refractivity contribution is 6.39. The fourth-order valence-corrected chi connectivity index (χ4v) is 2.66. The lowest BCUT2D eigenvalue weighted by Gasteiger charge is -2.11. The Bertz CT molecular complexity index is 873. The third-order valence-electron chi connectivity index (χ3n) is 3.52. The minimum absolute atomic E-state index is 0.303. The first-order valence-corrected chi connectivity index (χ1v) is 7.31. The van der Waals surface area contributed by atoms with Gasteiger partial charge >= 0.3 is 0 Å². The molecule has 0 aliphatic heterocycles. The van der Waals surface area contributed by atoms with Crippen LogP contribution >= 0.6 is 11.6 Å². The van der Waals surface area contributed by atoms with Crippen molar-refractivity contribution in [1.29, 1.82) is 0 Å². The molecule has 2 N–H and O–H groups in total. The van der Waals surface area contributed by atoms with Crippen LogP contribution in [-0.4, -0.2) is 25.1 Å². The number of carbonyl (C=O) groups is 1. The summed E-state index contributed by atoms with van der Waals surface area (Å²) in [5, 5.41) is 3.99. The zero-order chi connectivity index (χ0) is 16.4. The van der Waals surface area contributed by atoms with Gasteiger partial charge in [0, 0.05) is 17.0 Å². The van der Waals surface area contributed by atoms with Gasteiger partial charge in [-0.15, -0.1) is 0 Å². The van der Waals surface area contributed by atoms with Crippen molar-refractivity contribution in [2.45, 2.75) is 0 Å². The van der Waals surface area contributed by atoms with Gasteiger partial charge in [-0.3, -0.25) is 4.79 Å². The topological polar surface area (TPSA) is 63.4 Å². The molecule has 118 valence electrons. The second kappa shape index (κ2) is 6.22. The van der Waals surface area contributed by atoms with Crippen LogP contribution in [0.3, 0.4) is 0 Å². The number of hydrogen-bond donors (Lipinski definition) is 2. The van der Waals surface area contributed by atoms with Gasteiger partial charge in [-0.2, -0.15) is 0 Å². The van der Waals surface area contributed by atoms with Crippen LogP contribution in [0.25, 0.3) is 10.9 Å². The Morgan fingerprint density at radius 2 is 1.91 bits per heavy atom. The fourth-order valence-electron chi connectivity index (χ4n) is 2.36. The molecule has 0 saturated carbocycles. The molecule has 0 spiro atoms. The average molecular weight is 331 g/mol. The van der Waals surface area contributed by atoms with Crippen LogP contribution in [0.2, 0.25) is 5.02 Å². The normalized spacial score (nSPS) is 10.6. The first-order valence-electron chi connectivity index (χ1n) is 6.93. The lowest BCUT2D eigenvalue weighted by molar-refractivity contribution is 0.102. The Kier molecular flexibility index (Phi) is 4.12. The first-order chi connectivity index (χ1) is 11.1. The van der Waals surface area contributed by atoms with Gasteiger partial charge in [0.15, 0.2) is 0 Å². The van der Waals surface area contributed by atoms with Gasteiger partial charge in [0.1, 0.15) is 17.2 Å². The summed E-state index contributed by atoms with van der Waals surface area (Å²) in [6.07, 6.45) is 0. The van der Waals surface area contributed by atoms with E-state index in [1.54, 1.807) is 25.3 Å². The number of rotatable bonds is 4. The summed E-state index contributed by atoms with van der Waals surface area (Å²) >= 11 is 6.30. The SMILES string of the molecule is COc1ccc(OC)c(NC(=O)c2[nH]c3ccccc3c2Cl)c1. The van der Waals surface area contributed by atoms with Gasteiger partial charge in [-0.1, -0.05) is 29.8 Å². The van der Waals surface area contributed by atoms with E-state index < -0.39 is 0 Å². The molecule has 0 fully saturated rings. The number of hydrogen-bond acceptors (Lipinski definition) is 3. The zero-order valence-corrected chi connectivity index (χ0v) is 13.4. The number of H-pyrrole nitrogens is 1. The molecule has 1 heterocycles.